The largest absolute Gasteiger partial charge is 0.452 e. The zero-order chi connectivity index (χ0) is 19.4. The molecule has 140 valence electrons. The molecule has 0 aliphatic heterocycles. The number of carbonyl (C=O) groups excluding carboxylic acids is 2. The number of ether oxygens (including phenoxy) is 1. The molecule has 25 heavy (non-hydrogen) atoms. The molecule has 0 aliphatic carbocycles. The molecular formula is C16H23ClN2O5S. The van der Waals surface area contributed by atoms with E-state index in [0.29, 0.717) is 0 Å². The lowest BCUT2D eigenvalue weighted by molar-refractivity contribution is -0.124. The maximum absolute atomic E-state index is 12.5. The Labute approximate surface area is 153 Å². The van der Waals surface area contributed by atoms with Crippen LogP contribution in [0.15, 0.2) is 23.1 Å². The molecule has 0 aromatic heterocycles. The number of sulfonamides is 1. The summed E-state index contributed by atoms with van der Waals surface area (Å²) in [6.45, 7) is 6.54. The number of amides is 1. The average Bonchev–Trinajstić information content (AvgIpc) is 2.51. The third-order valence-electron chi connectivity index (χ3n) is 3.35. The van der Waals surface area contributed by atoms with E-state index in [9.17, 15) is 18.0 Å². The molecule has 0 saturated carbocycles. The molecule has 1 aromatic carbocycles. The monoisotopic (exact) mass is 390 g/mol. The number of esters is 1. The molecule has 1 rings (SSSR count). The van der Waals surface area contributed by atoms with Gasteiger partial charge in [0.2, 0.25) is 10.0 Å². The lowest BCUT2D eigenvalue weighted by atomic mass is 10.2. The standard InChI is InChI=1S/C16H23ClN2O5S/c1-10(2)18-15(20)9-24-16(21)13-8-12(6-7-14(13)17)25(22,23)19(5)11(3)4/h6-8,10-11H,9H2,1-5H3,(H,18,20). The van der Waals surface area contributed by atoms with Crippen LogP contribution in [0.1, 0.15) is 38.1 Å². The summed E-state index contributed by atoms with van der Waals surface area (Å²) in [6, 6.07) is 3.44. The number of benzene rings is 1. The first-order chi connectivity index (χ1) is 11.5. The number of hydrogen-bond donors (Lipinski definition) is 1. The van der Waals surface area contributed by atoms with Crippen LogP contribution >= 0.6 is 11.6 Å². The van der Waals surface area contributed by atoms with Gasteiger partial charge in [0, 0.05) is 19.1 Å². The maximum atomic E-state index is 12.5. The summed E-state index contributed by atoms with van der Waals surface area (Å²) in [5, 5.41) is 2.62. The number of carbonyl (C=O) groups is 2. The number of halogens is 1. The Kier molecular flexibility index (Phi) is 7.40. The van der Waals surface area contributed by atoms with E-state index in [0.717, 1.165) is 6.07 Å². The van der Waals surface area contributed by atoms with Gasteiger partial charge in [-0.1, -0.05) is 11.6 Å². The SMILES string of the molecule is CC(C)NC(=O)COC(=O)c1cc(S(=O)(=O)N(C)C(C)C)ccc1Cl. The molecule has 1 aromatic rings. The zero-order valence-corrected chi connectivity index (χ0v) is 16.4. The van der Waals surface area contributed by atoms with Crippen molar-refractivity contribution in [3.63, 3.8) is 0 Å². The highest BCUT2D eigenvalue weighted by Gasteiger charge is 2.25. The van der Waals surface area contributed by atoms with Crippen LogP contribution in [0, 0.1) is 0 Å². The smallest absolute Gasteiger partial charge is 0.340 e. The van der Waals surface area contributed by atoms with Gasteiger partial charge in [-0.25, -0.2) is 13.2 Å². The van der Waals surface area contributed by atoms with E-state index >= 15 is 0 Å². The molecule has 0 atom stereocenters. The second kappa shape index (κ2) is 8.64. The first kappa shape index (κ1) is 21.4. The predicted molar refractivity (Wildman–Crippen MR) is 95.1 cm³/mol. The van der Waals surface area contributed by atoms with E-state index in [4.69, 9.17) is 16.3 Å². The Morgan fingerprint density at radius 3 is 2.36 bits per heavy atom. The highest BCUT2D eigenvalue weighted by Crippen LogP contribution is 2.24. The van der Waals surface area contributed by atoms with Crippen molar-refractivity contribution >= 4 is 33.5 Å². The average molecular weight is 391 g/mol. The highest BCUT2D eigenvalue weighted by molar-refractivity contribution is 7.89. The van der Waals surface area contributed by atoms with Gasteiger partial charge in [-0.2, -0.15) is 4.31 Å². The maximum Gasteiger partial charge on any atom is 0.340 e. The van der Waals surface area contributed by atoms with Gasteiger partial charge in [0.05, 0.1) is 15.5 Å². The van der Waals surface area contributed by atoms with E-state index in [2.05, 4.69) is 5.32 Å². The molecule has 0 aliphatic rings. The zero-order valence-electron chi connectivity index (χ0n) is 14.9. The van der Waals surface area contributed by atoms with Crippen molar-refractivity contribution in [2.75, 3.05) is 13.7 Å². The van der Waals surface area contributed by atoms with Crippen LogP contribution in [0.3, 0.4) is 0 Å². The highest BCUT2D eigenvalue weighted by atomic mass is 35.5. The molecule has 1 amide bonds. The van der Waals surface area contributed by atoms with Gasteiger partial charge in [-0.3, -0.25) is 4.79 Å². The van der Waals surface area contributed by atoms with E-state index in [1.165, 1.54) is 23.5 Å². The topological polar surface area (TPSA) is 92.8 Å². The molecule has 0 heterocycles. The van der Waals surface area contributed by atoms with Crippen LogP contribution in [0.4, 0.5) is 0 Å². The van der Waals surface area contributed by atoms with Crippen molar-refractivity contribution in [2.24, 2.45) is 0 Å². The van der Waals surface area contributed by atoms with Gasteiger partial charge in [0.1, 0.15) is 0 Å². The van der Waals surface area contributed by atoms with E-state index < -0.39 is 28.5 Å². The first-order valence-electron chi connectivity index (χ1n) is 7.71. The lowest BCUT2D eigenvalue weighted by Gasteiger charge is -2.21. The van der Waals surface area contributed by atoms with Gasteiger partial charge in [0.25, 0.3) is 5.91 Å². The first-order valence-corrected chi connectivity index (χ1v) is 9.52. The molecule has 7 nitrogen and oxygen atoms in total. The van der Waals surface area contributed by atoms with Crippen LogP contribution in [0.5, 0.6) is 0 Å². The van der Waals surface area contributed by atoms with Crippen LogP contribution in [-0.2, 0) is 19.6 Å². The molecule has 0 fully saturated rings. The second-order valence-corrected chi connectivity index (χ2v) is 8.46. The van der Waals surface area contributed by atoms with Crippen molar-refractivity contribution in [3.05, 3.63) is 28.8 Å². The molecular weight excluding hydrogens is 368 g/mol. The van der Waals surface area contributed by atoms with E-state index in [1.54, 1.807) is 27.7 Å². The third-order valence-corrected chi connectivity index (χ3v) is 5.71. The third kappa shape index (κ3) is 5.69. The molecule has 0 bridgehead atoms. The number of rotatable bonds is 7. The Hall–Kier alpha value is -1.64. The van der Waals surface area contributed by atoms with Crippen LogP contribution < -0.4 is 5.32 Å². The molecule has 0 radical (unpaired) electrons. The van der Waals surface area contributed by atoms with Gasteiger partial charge in [0.15, 0.2) is 6.61 Å². The minimum absolute atomic E-state index is 0.0421. The van der Waals surface area contributed by atoms with E-state index in [1.807, 2.05) is 0 Å². The quantitative estimate of drug-likeness (QED) is 0.719. The fourth-order valence-electron chi connectivity index (χ4n) is 1.84. The number of hydrogen-bond acceptors (Lipinski definition) is 5. The number of nitrogens with one attached hydrogen (secondary N) is 1. The molecule has 0 saturated heterocycles. The summed E-state index contributed by atoms with van der Waals surface area (Å²) in [7, 11) is -2.32. The minimum atomic E-state index is -3.77. The molecule has 9 heteroatoms. The fourth-order valence-corrected chi connectivity index (χ4v) is 3.43. The summed E-state index contributed by atoms with van der Waals surface area (Å²) < 4.78 is 31.1. The van der Waals surface area contributed by atoms with E-state index in [-0.39, 0.29) is 27.6 Å². The fraction of sp³-hybridized carbons (Fsp3) is 0.500. The Morgan fingerprint density at radius 1 is 1.24 bits per heavy atom. The second-order valence-electron chi connectivity index (χ2n) is 6.05. The van der Waals surface area contributed by atoms with Gasteiger partial charge >= 0.3 is 5.97 Å². The van der Waals surface area contributed by atoms with Crippen molar-refractivity contribution in [1.82, 2.24) is 9.62 Å². The summed E-state index contributed by atoms with van der Waals surface area (Å²) in [4.78, 5) is 23.6. The lowest BCUT2D eigenvalue weighted by Crippen LogP contribution is -2.34. The van der Waals surface area contributed by atoms with Crippen molar-refractivity contribution in [3.8, 4) is 0 Å². The summed E-state index contributed by atoms with van der Waals surface area (Å²) in [5.41, 5.74) is -0.114. The Morgan fingerprint density at radius 2 is 1.84 bits per heavy atom. The molecule has 1 N–H and O–H groups in total. The summed E-state index contributed by atoms with van der Waals surface area (Å²) >= 11 is 5.97. The van der Waals surface area contributed by atoms with Gasteiger partial charge in [-0.05, 0) is 45.9 Å². The van der Waals surface area contributed by atoms with Gasteiger partial charge in [-0.15, -0.1) is 0 Å². The van der Waals surface area contributed by atoms with Crippen LogP contribution in [-0.4, -0.2) is 50.3 Å². The van der Waals surface area contributed by atoms with Gasteiger partial charge < -0.3 is 10.1 Å². The normalized spacial score (nSPS) is 11.9. The van der Waals surface area contributed by atoms with Crippen molar-refractivity contribution in [1.29, 1.82) is 0 Å². The van der Waals surface area contributed by atoms with Crippen LogP contribution in [0.25, 0.3) is 0 Å². The summed E-state index contributed by atoms with van der Waals surface area (Å²) in [6.07, 6.45) is 0. The molecule has 0 unspecified atom stereocenters. The molecule has 0 spiro atoms. The number of nitrogens with zero attached hydrogens (tertiary/aromatic N) is 1. The Balaban J connectivity index is 3.02. The Bertz CT molecular complexity index is 747. The van der Waals surface area contributed by atoms with Crippen LogP contribution in [0.2, 0.25) is 5.02 Å². The minimum Gasteiger partial charge on any atom is -0.452 e. The van der Waals surface area contributed by atoms with Crippen molar-refractivity contribution in [2.45, 2.75) is 44.7 Å². The summed E-state index contributed by atoms with van der Waals surface area (Å²) in [5.74, 6) is -1.32. The van der Waals surface area contributed by atoms with Crippen molar-refractivity contribution < 1.29 is 22.7 Å². The predicted octanol–water partition coefficient (Wildman–Crippen LogP) is 2.05.